The van der Waals surface area contributed by atoms with Gasteiger partial charge in [0.05, 0.1) is 23.1 Å². The minimum atomic E-state index is -4.51. The molecular formula is C25H30F3N7O. The van der Waals surface area contributed by atoms with Gasteiger partial charge in [-0.1, -0.05) is 0 Å². The number of carbonyl (C=O) groups is 1. The number of halogens is 3. The number of piperidine rings is 2. The van der Waals surface area contributed by atoms with E-state index in [2.05, 4.69) is 25.5 Å². The Morgan fingerprint density at radius 3 is 2.42 bits per heavy atom. The largest absolute Gasteiger partial charge is 0.394 e. The number of nitrogens with zero attached hydrogens (tertiary/aromatic N) is 5. The Balaban J connectivity index is 1.29. The number of hydrogen-bond acceptors (Lipinski definition) is 7. The van der Waals surface area contributed by atoms with E-state index < -0.39 is 23.9 Å². The van der Waals surface area contributed by atoms with Gasteiger partial charge in [0.2, 0.25) is 5.91 Å². The van der Waals surface area contributed by atoms with Crippen LogP contribution in [0.25, 0.3) is 11.0 Å². The van der Waals surface area contributed by atoms with Gasteiger partial charge in [0.1, 0.15) is 17.1 Å². The number of hydrogen-bond donors (Lipinski definition) is 2. The zero-order chi connectivity index (χ0) is 25.3. The summed E-state index contributed by atoms with van der Waals surface area (Å²) in [5.41, 5.74) is 1.47. The van der Waals surface area contributed by atoms with Crippen molar-refractivity contribution in [1.82, 2.24) is 25.5 Å². The summed E-state index contributed by atoms with van der Waals surface area (Å²) in [6.45, 7) is 3.32. The van der Waals surface area contributed by atoms with Crippen LogP contribution in [0.5, 0.6) is 0 Å². The van der Waals surface area contributed by atoms with Gasteiger partial charge in [-0.25, -0.2) is 0 Å². The number of nitriles is 1. The third kappa shape index (κ3) is 4.97. The molecule has 4 heterocycles. The topological polar surface area (TPSA) is 97.2 Å². The summed E-state index contributed by atoms with van der Waals surface area (Å²) in [7, 11) is 0. The zero-order valence-electron chi connectivity index (χ0n) is 20.0. The number of benzene rings is 1. The van der Waals surface area contributed by atoms with Crippen molar-refractivity contribution >= 4 is 22.6 Å². The molecule has 192 valence electrons. The van der Waals surface area contributed by atoms with Crippen LogP contribution in [0.4, 0.5) is 18.9 Å². The van der Waals surface area contributed by atoms with Gasteiger partial charge in [0.15, 0.2) is 0 Å². The molecule has 3 saturated heterocycles. The van der Waals surface area contributed by atoms with Crippen LogP contribution in [0.1, 0.15) is 31.2 Å². The van der Waals surface area contributed by atoms with Gasteiger partial charge in [-0.15, -0.1) is 0 Å². The number of likely N-dealkylation sites (tertiary alicyclic amines) is 1. The number of fused-ring (bicyclic) bond motifs is 1. The maximum atomic E-state index is 14.0. The summed E-state index contributed by atoms with van der Waals surface area (Å²) in [5, 5.41) is 15.7. The highest BCUT2D eigenvalue weighted by atomic mass is 19.4. The standard InChI is InChI=1S/C25H30F3N7O/c26-25(27,28)20-15-35(21-2-1-16(13-29)22-23(21)32-10-9-31-22)14-19(20)24(36)33-17-5-11-34(12-6-17)18-3-7-30-8-4-18/h1-2,9-10,17-20,30H,3-8,11-12,14-15H2,(H,33,36)/t19?,20-/m0/s1. The predicted octanol–water partition coefficient (Wildman–Crippen LogP) is 2.45. The Morgan fingerprint density at radius 2 is 1.75 bits per heavy atom. The predicted molar refractivity (Wildman–Crippen MR) is 128 cm³/mol. The Hall–Kier alpha value is -2.97. The molecule has 1 aromatic carbocycles. The summed E-state index contributed by atoms with van der Waals surface area (Å²) >= 11 is 0. The summed E-state index contributed by atoms with van der Waals surface area (Å²) in [6.07, 6.45) is 2.10. The highest BCUT2D eigenvalue weighted by Crippen LogP contribution is 2.41. The molecule has 1 amide bonds. The minimum absolute atomic E-state index is 0.0680. The normalized spacial score (nSPS) is 24.7. The molecule has 2 aromatic rings. The minimum Gasteiger partial charge on any atom is -0.368 e. The molecule has 0 saturated carbocycles. The molecule has 3 aliphatic rings. The van der Waals surface area contributed by atoms with E-state index in [1.165, 1.54) is 12.4 Å². The lowest BCUT2D eigenvalue weighted by molar-refractivity contribution is -0.182. The fraction of sp³-hybridized carbons (Fsp3) is 0.600. The van der Waals surface area contributed by atoms with Crippen LogP contribution in [0, 0.1) is 23.2 Å². The summed E-state index contributed by atoms with van der Waals surface area (Å²) < 4.78 is 42.1. The molecule has 1 aromatic heterocycles. The van der Waals surface area contributed by atoms with E-state index in [1.807, 2.05) is 6.07 Å². The van der Waals surface area contributed by atoms with E-state index in [9.17, 15) is 23.2 Å². The van der Waals surface area contributed by atoms with Gasteiger partial charge in [0.25, 0.3) is 0 Å². The molecule has 2 atom stereocenters. The second-order valence-corrected chi connectivity index (χ2v) is 9.96. The number of carbonyl (C=O) groups excluding carboxylic acids is 1. The third-order valence-electron chi connectivity index (χ3n) is 7.84. The second-order valence-electron chi connectivity index (χ2n) is 9.96. The molecule has 3 aliphatic heterocycles. The first-order valence-electron chi connectivity index (χ1n) is 12.6. The molecule has 0 aliphatic carbocycles. The van der Waals surface area contributed by atoms with Gasteiger partial charge in [-0.2, -0.15) is 18.4 Å². The van der Waals surface area contributed by atoms with Crippen molar-refractivity contribution in [2.45, 2.75) is 43.9 Å². The van der Waals surface area contributed by atoms with Crippen molar-refractivity contribution in [3.05, 3.63) is 30.1 Å². The number of anilines is 1. The average molecular weight is 502 g/mol. The summed E-state index contributed by atoms with van der Waals surface area (Å²) in [6, 6.07) is 5.62. The quantitative estimate of drug-likeness (QED) is 0.664. The van der Waals surface area contributed by atoms with Gasteiger partial charge in [-0.05, 0) is 50.9 Å². The molecule has 0 radical (unpaired) electrons. The van der Waals surface area contributed by atoms with Crippen molar-refractivity contribution in [3.8, 4) is 6.07 Å². The van der Waals surface area contributed by atoms with Crippen molar-refractivity contribution in [1.29, 1.82) is 5.26 Å². The van der Waals surface area contributed by atoms with Crippen molar-refractivity contribution in [2.75, 3.05) is 44.2 Å². The Bertz CT molecular complexity index is 1140. The molecule has 3 fully saturated rings. The second kappa shape index (κ2) is 10.2. The number of aromatic nitrogens is 2. The van der Waals surface area contributed by atoms with Gasteiger partial charge in [-0.3, -0.25) is 14.8 Å². The van der Waals surface area contributed by atoms with Crippen LogP contribution in [0.3, 0.4) is 0 Å². The van der Waals surface area contributed by atoms with E-state index >= 15 is 0 Å². The van der Waals surface area contributed by atoms with E-state index in [1.54, 1.807) is 17.0 Å². The van der Waals surface area contributed by atoms with Crippen molar-refractivity contribution < 1.29 is 18.0 Å². The lowest BCUT2D eigenvalue weighted by Crippen LogP contribution is -2.52. The molecule has 0 bridgehead atoms. The highest BCUT2D eigenvalue weighted by Gasteiger charge is 2.53. The Morgan fingerprint density at radius 1 is 1.06 bits per heavy atom. The fourth-order valence-electron chi connectivity index (χ4n) is 5.87. The SMILES string of the molecule is N#Cc1ccc(N2CC(C(=O)NC3CCN(C4CCNCC4)CC3)[C@@H](C(F)(F)F)C2)c2nccnc12. The van der Waals surface area contributed by atoms with E-state index in [-0.39, 0.29) is 19.1 Å². The van der Waals surface area contributed by atoms with Crippen LogP contribution in [0.15, 0.2) is 24.5 Å². The molecule has 5 rings (SSSR count). The van der Waals surface area contributed by atoms with Gasteiger partial charge >= 0.3 is 6.18 Å². The highest BCUT2D eigenvalue weighted by molar-refractivity contribution is 5.92. The van der Waals surface area contributed by atoms with E-state index in [4.69, 9.17) is 0 Å². The third-order valence-corrected chi connectivity index (χ3v) is 7.84. The molecular weight excluding hydrogens is 471 g/mol. The van der Waals surface area contributed by atoms with Crippen LogP contribution in [-0.4, -0.2) is 78.3 Å². The maximum absolute atomic E-state index is 14.0. The molecule has 36 heavy (non-hydrogen) atoms. The van der Waals surface area contributed by atoms with E-state index in [0.717, 1.165) is 51.9 Å². The molecule has 8 nitrogen and oxygen atoms in total. The lowest BCUT2D eigenvalue weighted by atomic mass is 9.93. The Kier molecular flexibility index (Phi) is 6.99. The molecule has 1 unspecified atom stereocenters. The van der Waals surface area contributed by atoms with E-state index in [0.29, 0.717) is 28.3 Å². The van der Waals surface area contributed by atoms with Crippen LogP contribution >= 0.6 is 0 Å². The van der Waals surface area contributed by atoms with Gasteiger partial charge < -0.3 is 20.4 Å². The van der Waals surface area contributed by atoms with Crippen molar-refractivity contribution in [3.63, 3.8) is 0 Å². The summed E-state index contributed by atoms with van der Waals surface area (Å²) in [5.74, 6) is -3.53. The average Bonchev–Trinajstić information content (AvgIpc) is 3.35. The zero-order valence-corrected chi connectivity index (χ0v) is 20.0. The fourth-order valence-corrected chi connectivity index (χ4v) is 5.87. The first kappa shape index (κ1) is 24.7. The number of nitrogens with one attached hydrogen (secondary N) is 2. The first-order valence-corrected chi connectivity index (χ1v) is 12.6. The molecule has 0 spiro atoms. The van der Waals surface area contributed by atoms with Crippen LogP contribution < -0.4 is 15.5 Å². The number of alkyl halides is 3. The molecule has 2 N–H and O–H groups in total. The Labute approximate surface area is 207 Å². The molecule has 11 heteroatoms. The number of amides is 1. The first-order chi connectivity index (χ1) is 17.3. The van der Waals surface area contributed by atoms with Crippen molar-refractivity contribution in [2.24, 2.45) is 11.8 Å². The lowest BCUT2D eigenvalue weighted by Gasteiger charge is -2.39. The summed E-state index contributed by atoms with van der Waals surface area (Å²) in [4.78, 5) is 25.7. The number of rotatable bonds is 4. The van der Waals surface area contributed by atoms with Crippen LogP contribution in [-0.2, 0) is 4.79 Å². The smallest absolute Gasteiger partial charge is 0.368 e. The van der Waals surface area contributed by atoms with Gasteiger partial charge in [0, 0.05) is 50.7 Å². The maximum Gasteiger partial charge on any atom is 0.394 e. The monoisotopic (exact) mass is 501 g/mol. The van der Waals surface area contributed by atoms with Crippen LogP contribution in [0.2, 0.25) is 0 Å².